The van der Waals surface area contributed by atoms with Crippen LogP contribution in [0.25, 0.3) is 0 Å². The number of thiocarbonyl (C=S) groups is 1. The van der Waals surface area contributed by atoms with Gasteiger partial charge in [0.2, 0.25) is 0 Å². The predicted octanol–water partition coefficient (Wildman–Crippen LogP) is 3.07. The van der Waals surface area contributed by atoms with Crippen LogP contribution in [0.4, 0.5) is 0 Å². The molecule has 2 aromatic rings. The van der Waals surface area contributed by atoms with Gasteiger partial charge >= 0.3 is 0 Å². The lowest BCUT2D eigenvalue weighted by atomic mass is 10.0. The Morgan fingerprint density at radius 1 is 1.32 bits per heavy atom. The van der Waals surface area contributed by atoms with Gasteiger partial charge in [-0.15, -0.1) is 0 Å². The summed E-state index contributed by atoms with van der Waals surface area (Å²) in [5.74, 6) is 0. The summed E-state index contributed by atoms with van der Waals surface area (Å²) in [5.41, 5.74) is 2.25. The van der Waals surface area contributed by atoms with Crippen LogP contribution < -0.4 is 5.32 Å². The average Bonchev–Trinajstić information content (AvgIpc) is 3.45. The normalized spacial score (nSPS) is 24.7. The highest BCUT2D eigenvalue weighted by atomic mass is 32.1. The minimum Gasteiger partial charge on any atom is -0.385 e. The second-order valence-electron chi connectivity index (χ2n) is 7.39. The molecule has 28 heavy (non-hydrogen) atoms. The third-order valence-electron chi connectivity index (χ3n) is 5.54. The average molecular weight is 401 g/mol. The molecule has 2 aliphatic heterocycles. The second-order valence-corrected chi connectivity index (χ2v) is 7.77. The molecule has 2 aromatic heterocycles. The van der Waals surface area contributed by atoms with Crippen LogP contribution in [0.15, 0.2) is 42.7 Å². The van der Waals surface area contributed by atoms with E-state index in [0.717, 1.165) is 56.4 Å². The highest BCUT2D eigenvalue weighted by Gasteiger charge is 2.41. The van der Waals surface area contributed by atoms with Gasteiger partial charge in [-0.3, -0.25) is 4.98 Å². The molecule has 2 aliphatic rings. The van der Waals surface area contributed by atoms with Crippen molar-refractivity contribution in [3.8, 4) is 0 Å². The van der Waals surface area contributed by atoms with Crippen molar-refractivity contribution in [2.75, 3.05) is 26.9 Å². The van der Waals surface area contributed by atoms with Crippen LogP contribution in [0.1, 0.15) is 42.7 Å². The SMILES string of the molecule is COCCCN1C(=S)N[C@@H](c2ccccn2)[C@H]1c1cccn1C[C@@H]1CCCO1. The summed E-state index contributed by atoms with van der Waals surface area (Å²) in [6.45, 7) is 3.32. The Morgan fingerprint density at radius 2 is 2.25 bits per heavy atom. The first-order valence-electron chi connectivity index (χ1n) is 10.0. The molecule has 0 bridgehead atoms. The minimum absolute atomic E-state index is 0.0226. The number of hydrogen-bond donors (Lipinski definition) is 1. The van der Waals surface area contributed by atoms with Crippen molar-refractivity contribution in [3.05, 3.63) is 54.1 Å². The van der Waals surface area contributed by atoms with Crippen LogP contribution in [0, 0.1) is 0 Å². The fourth-order valence-corrected chi connectivity index (χ4v) is 4.55. The molecule has 0 spiro atoms. The topological polar surface area (TPSA) is 51.5 Å². The van der Waals surface area contributed by atoms with Crippen molar-refractivity contribution in [3.63, 3.8) is 0 Å². The van der Waals surface area contributed by atoms with Gasteiger partial charge in [-0.1, -0.05) is 6.07 Å². The smallest absolute Gasteiger partial charge is 0.170 e. The molecule has 2 saturated heterocycles. The van der Waals surface area contributed by atoms with Crippen LogP contribution in [0.2, 0.25) is 0 Å². The monoisotopic (exact) mass is 400 g/mol. The zero-order valence-electron chi connectivity index (χ0n) is 16.3. The molecule has 0 unspecified atom stereocenters. The molecular formula is C21H28N4O2S. The van der Waals surface area contributed by atoms with E-state index in [4.69, 9.17) is 21.7 Å². The number of rotatable bonds is 8. The summed E-state index contributed by atoms with van der Waals surface area (Å²) in [7, 11) is 1.74. The molecule has 3 atom stereocenters. The van der Waals surface area contributed by atoms with Crippen molar-refractivity contribution in [1.82, 2.24) is 19.8 Å². The van der Waals surface area contributed by atoms with E-state index in [0.29, 0.717) is 6.10 Å². The zero-order valence-corrected chi connectivity index (χ0v) is 17.1. The van der Waals surface area contributed by atoms with Gasteiger partial charge < -0.3 is 24.3 Å². The molecule has 6 nitrogen and oxygen atoms in total. The van der Waals surface area contributed by atoms with Crippen LogP contribution in [-0.2, 0) is 16.0 Å². The summed E-state index contributed by atoms with van der Waals surface area (Å²) < 4.78 is 13.5. The molecule has 0 radical (unpaired) electrons. The summed E-state index contributed by atoms with van der Waals surface area (Å²) in [6, 6.07) is 10.5. The Hall–Kier alpha value is -1.96. The van der Waals surface area contributed by atoms with Crippen LogP contribution >= 0.6 is 12.2 Å². The van der Waals surface area contributed by atoms with Crippen molar-refractivity contribution in [2.24, 2.45) is 0 Å². The lowest BCUT2D eigenvalue weighted by Crippen LogP contribution is -2.32. The lowest BCUT2D eigenvalue weighted by molar-refractivity contribution is 0.0952. The van der Waals surface area contributed by atoms with E-state index < -0.39 is 0 Å². The standard InChI is InChI=1S/C21H28N4O2S/c1-26-13-6-12-25-20(19(23-21(25)28)17-8-2-3-10-22-17)18-9-4-11-24(18)15-16-7-5-14-27-16/h2-4,8-11,16,19-20H,5-7,12-15H2,1H3,(H,23,28)/t16-,19-,20+/m0/s1. The Kier molecular flexibility index (Phi) is 6.24. The third-order valence-corrected chi connectivity index (χ3v) is 5.89. The maximum Gasteiger partial charge on any atom is 0.170 e. The molecule has 4 rings (SSSR count). The number of methoxy groups -OCH3 is 1. The summed E-state index contributed by atoms with van der Waals surface area (Å²) in [4.78, 5) is 6.90. The first-order valence-corrected chi connectivity index (χ1v) is 10.4. The van der Waals surface area contributed by atoms with Gasteiger partial charge in [0.1, 0.15) is 0 Å². The predicted molar refractivity (Wildman–Crippen MR) is 112 cm³/mol. The number of nitrogens with one attached hydrogen (secondary N) is 1. The molecule has 0 aliphatic carbocycles. The van der Waals surface area contributed by atoms with Gasteiger partial charge in [-0.05, 0) is 55.7 Å². The van der Waals surface area contributed by atoms with Gasteiger partial charge in [-0.25, -0.2) is 0 Å². The first-order chi connectivity index (χ1) is 13.8. The highest BCUT2D eigenvalue weighted by Crippen LogP contribution is 2.39. The Morgan fingerprint density at radius 3 is 3.00 bits per heavy atom. The van der Waals surface area contributed by atoms with Gasteiger partial charge in [0, 0.05) is 51.5 Å². The van der Waals surface area contributed by atoms with E-state index in [1.165, 1.54) is 5.69 Å². The molecule has 0 aromatic carbocycles. The minimum atomic E-state index is 0.0226. The summed E-state index contributed by atoms with van der Waals surface area (Å²) in [5, 5.41) is 4.30. The van der Waals surface area contributed by atoms with Gasteiger partial charge in [0.15, 0.2) is 5.11 Å². The first kappa shape index (κ1) is 19.4. The molecule has 2 fully saturated rings. The molecule has 7 heteroatoms. The molecule has 150 valence electrons. The van der Waals surface area contributed by atoms with Gasteiger partial charge in [0.25, 0.3) is 0 Å². The molecule has 0 amide bonds. The fraction of sp³-hybridized carbons (Fsp3) is 0.524. The number of pyridine rings is 1. The van der Waals surface area contributed by atoms with E-state index in [1.54, 1.807) is 7.11 Å². The van der Waals surface area contributed by atoms with Gasteiger partial charge in [-0.2, -0.15) is 0 Å². The second kappa shape index (κ2) is 9.03. The van der Waals surface area contributed by atoms with E-state index >= 15 is 0 Å². The quantitative estimate of drug-likeness (QED) is 0.543. The van der Waals surface area contributed by atoms with Crippen LogP contribution in [0.5, 0.6) is 0 Å². The molecule has 1 N–H and O–H groups in total. The van der Waals surface area contributed by atoms with E-state index in [2.05, 4.69) is 44.2 Å². The molecule has 0 saturated carbocycles. The molecule has 4 heterocycles. The third kappa shape index (κ3) is 4.06. The van der Waals surface area contributed by atoms with Crippen LogP contribution in [0.3, 0.4) is 0 Å². The molecular weight excluding hydrogens is 372 g/mol. The number of aromatic nitrogens is 2. The maximum absolute atomic E-state index is 5.88. The maximum atomic E-state index is 5.88. The highest BCUT2D eigenvalue weighted by molar-refractivity contribution is 7.80. The fourth-order valence-electron chi connectivity index (χ4n) is 4.22. The largest absolute Gasteiger partial charge is 0.385 e. The van der Waals surface area contributed by atoms with E-state index in [-0.39, 0.29) is 12.1 Å². The zero-order chi connectivity index (χ0) is 19.3. The van der Waals surface area contributed by atoms with Crippen molar-refractivity contribution in [2.45, 2.75) is 44.0 Å². The Labute approximate surface area is 171 Å². The van der Waals surface area contributed by atoms with Crippen LogP contribution in [-0.4, -0.2) is 52.5 Å². The number of hydrogen-bond acceptors (Lipinski definition) is 4. The Bertz CT molecular complexity index is 776. The van der Waals surface area contributed by atoms with Gasteiger partial charge in [0.05, 0.1) is 23.9 Å². The summed E-state index contributed by atoms with van der Waals surface area (Å²) >= 11 is 5.72. The lowest BCUT2D eigenvalue weighted by Gasteiger charge is -2.29. The Balaban J connectivity index is 1.64. The van der Waals surface area contributed by atoms with Crippen molar-refractivity contribution < 1.29 is 9.47 Å². The number of ether oxygens (including phenoxy) is 2. The van der Waals surface area contributed by atoms with Crippen molar-refractivity contribution >= 4 is 17.3 Å². The number of nitrogens with zero attached hydrogens (tertiary/aromatic N) is 3. The van der Waals surface area contributed by atoms with E-state index in [1.807, 2.05) is 18.3 Å². The summed E-state index contributed by atoms with van der Waals surface area (Å²) in [6.07, 6.45) is 7.49. The van der Waals surface area contributed by atoms with Crippen molar-refractivity contribution in [1.29, 1.82) is 0 Å². The van der Waals surface area contributed by atoms with E-state index in [9.17, 15) is 0 Å².